The van der Waals surface area contributed by atoms with Gasteiger partial charge in [-0.3, -0.25) is 4.79 Å². The number of carboxylic acids is 1. The van der Waals surface area contributed by atoms with Gasteiger partial charge in [0.05, 0.1) is 12.0 Å². The third-order valence-electron chi connectivity index (χ3n) is 1.65. The lowest BCUT2D eigenvalue weighted by molar-refractivity contribution is -0.136. The number of hydrogen-bond acceptors (Lipinski definition) is 3. The minimum atomic E-state index is -0.796. The van der Waals surface area contributed by atoms with Gasteiger partial charge in [-0.15, -0.1) is 11.8 Å². The highest BCUT2D eigenvalue weighted by molar-refractivity contribution is 9.10. The number of thioether (sulfide) groups is 1. The molecular weight excluding hydrogens is 278 g/mol. The lowest BCUT2D eigenvalue weighted by atomic mass is 10.2. The largest absolute Gasteiger partial charge is 0.481 e. The van der Waals surface area contributed by atoms with Crippen LogP contribution < -0.4 is 0 Å². The first kappa shape index (κ1) is 12.1. The van der Waals surface area contributed by atoms with Gasteiger partial charge in [0.25, 0.3) is 0 Å². The molecule has 0 fully saturated rings. The standard InChI is InChI=1S/C10H8BrNO2S/c11-9-5-8(2-1-7(9)6-12)15-4-3-10(13)14/h1-2,5H,3-4H2,(H,13,14). The number of halogens is 1. The van der Waals surface area contributed by atoms with Gasteiger partial charge in [-0.05, 0) is 34.1 Å². The average Bonchev–Trinajstić information content (AvgIpc) is 2.17. The van der Waals surface area contributed by atoms with Gasteiger partial charge < -0.3 is 5.11 Å². The summed E-state index contributed by atoms with van der Waals surface area (Å²) in [4.78, 5) is 11.3. The van der Waals surface area contributed by atoms with Crippen LogP contribution in [0.3, 0.4) is 0 Å². The number of carboxylic acid groups (broad SMARTS) is 1. The van der Waals surface area contributed by atoms with Crippen molar-refractivity contribution in [1.29, 1.82) is 5.26 Å². The van der Waals surface area contributed by atoms with Crippen LogP contribution in [-0.4, -0.2) is 16.8 Å². The van der Waals surface area contributed by atoms with Crippen molar-refractivity contribution in [3.8, 4) is 6.07 Å². The molecule has 0 aliphatic heterocycles. The Kier molecular flexibility index (Phi) is 4.66. The third-order valence-corrected chi connectivity index (χ3v) is 3.30. The van der Waals surface area contributed by atoms with E-state index >= 15 is 0 Å². The first-order valence-corrected chi connectivity index (χ1v) is 5.95. The van der Waals surface area contributed by atoms with Crippen LogP contribution >= 0.6 is 27.7 Å². The summed E-state index contributed by atoms with van der Waals surface area (Å²) < 4.78 is 0.741. The van der Waals surface area contributed by atoms with E-state index in [0.717, 1.165) is 9.37 Å². The second-order valence-corrected chi connectivity index (χ2v) is 4.77. The fourth-order valence-corrected chi connectivity index (χ4v) is 2.43. The van der Waals surface area contributed by atoms with Gasteiger partial charge >= 0.3 is 5.97 Å². The number of hydrogen-bond donors (Lipinski definition) is 1. The first-order chi connectivity index (χ1) is 7.13. The third kappa shape index (κ3) is 3.94. The zero-order valence-electron chi connectivity index (χ0n) is 7.74. The molecule has 0 aliphatic carbocycles. The maximum atomic E-state index is 10.3. The van der Waals surface area contributed by atoms with Gasteiger partial charge in [0.1, 0.15) is 6.07 Å². The maximum Gasteiger partial charge on any atom is 0.304 e. The minimum absolute atomic E-state index is 0.141. The molecule has 1 rings (SSSR count). The predicted octanol–water partition coefficient (Wildman–Crippen LogP) is 2.89. The van der Waals surface area contributed by atoms with Crippen molar-refractivity contribution in [2.24, 2.45) is 0 Å². The van der Waals surface area contributed by atoms with Crippen molar-refractivity contribution < 1.29 is 9.90 Å². The monoisotopic (exact) mass is 285 g/mol. The lowest BCUT2D eigenvalue weighted by Crippen LogP contribution is -1.95. The van der Waals surface area contributed by atoms with Crippen molar-refractivity contribution in [3.63, 3.8) is 0 Å². The fraction of sp³-hybridized carbons (Fsp3) is 0.200. The van der Waals surface area contributed by atoms with E-state index in [-0.39, 0.29) is 6.42 Å². The SMILES string of the molecule is N#Cc1ccc(SCCC(=O)O)cc1Br. The summed E-state index contributed by atoms with van der Waals surface area (Å²) >= 11 is 4.74. The molecule has 0 atom stereocenters. The Bertz CT molecular complexity index is 414. The molecule has 0 radical (unpaired) electrons. The molecule has 0 aliphatic rings. The highest BCUT2D eigenvalue weighted by Gasteiger charge is 2.02. The van der Waals surface area contributed by atoms with E-state index in [4.69, 9.17) is 10.4 Å². The molecule has 0 unspecified atom stereocenters. The van der Waals surface area contributed by atoms with Gasteiger partial charge in [-0.2, -0.15) is 5.26 Å². The van der Waals surface area contributed by atoms with E-state index in [1.807, 2.05) is 18.2 Å². The Hall–Kier alpha value is -0.990. The summed E-state index contributed by atoms with van der Waals surface area (Å²) in [7, 11) is 0. The molecule has 0 bridgehead atoms. The second-order valence-electron chi connectivity index (χ2n) is 2.75. The number of nitriles is 1. The smallest absolute Gasteiger partial charge is 0.304 e. The number of aliphatic carboxylic acids is 1. The Morgan fingerprint density at radius 1 is 1.60 bits per heavy atom. The summed E-state index contributed by atoms with van der Waals surface area (Å²) in [6, 6.07) is 7.40. The van der Waals surface area contributed by atoms with E-state index in [0.29, 0.717) is 11.3 Å². The van der Waals surface area contributed by atoms with Crippen molar-refractivity contribution in [2.45, 2.75) is 11.3 Å². The molecule has 0 heterocycles. The normalized spacial score (nSPS) is 9.60. The fourth-order valence-electron chi connectivity index (χ4n) is 0.932. The summed E-state index contributed by atoms with van der Waals surface area (Å²) in [5, 5.41) is 17.2. The topological polar surface area (TPSA) is 61.1 Å². The molecule has 15 heavy (non-hydrogen) atoms. The first-order valence-electron chi connectivity index (χ1n) is 4.17. The van der Waals surface area contributed by atoms with Crippen molar-refractivity contribution in [1.82, 2.24) is 0 Å². The number of rotatable bonds is 4. The van der Waals surface area contributed by atoms with Gasteiger partial charge in [0.2, 0.25) is 0 Å². The van der Waals surface area contributed by atoms with E-state index in [1.54, 1.807) is 6.07 Å². The van der Waals surface area contributed by atoms with Crippen LogP contribution in [0, 0.1) is 11.3 Å². The van der Waals surface area contributed by atoms with Gasteiger partial charge in [-0.25, -0.2) is 0 Å². The van der Waals surface area contributed by atoms with E-state index < -0.39 is 5.97 Å². The van der Waals surface area contributed by atoms with E-state index in [9.17, 15) is 4.79 Å². The van der Waals surface area contributed by atoms with E-state index in [2.05, 4.69) is 15.9 Å². The highest BCUT2D eigenvalue weighted by atomic mass is 79.9. The number of carbonyl (C=O) groups is 1. The van der Waals surface area contributed by atoms with Crippen LogP contribution in [0.1, 0.15) is 12.0 Å². The predicted molar refractivity (Wildman–Crippen MR) is 61.8 cm³/mol. The molecule has 1 N–H and O–H groups in total. The van der Waals surface area contributed by atoms with Crippen LogP contribution in [0.2, 0.25) is 0 Å². The Morgan fingerprint density at radius 3 is 2.87 bits per heavy atom. The summed E-state index contributed by atoms with van der Waals surface area (Å²) in [5.74, 6) is -0.261. The minimum Gasteiger partial charge on any atom is -0.481 e. The number of nitrogens with zero attached hydrogens (tertiary/aromatic N) is 1. The number of benzene rings is 1. The van der Waals surface area contributed by atoms with Crippen LogP contribution in [0.25, 0.3) is 0 Å². The quantitative estimate of drug-likeness (QED) is 0.864. The van der Waals surface area contributed by atoms with Crippen LogP contribution in [0.5, 0.6) is 0 Å². The molecule has 1 aromatic carbocycles. The lowest BCUT2D eigenvalue weighted by Gasteiger charge is -2.01. The molecule has 0 saturated heterocycles. The van der Waals surface area contributed by atoms with Crippen LogP contribution in [0.15, 0.2) is 27.6 Å². The average molecular weight is 286 g/mol. The van der Waals surface area contributed by atoms with Crippen molar-refractivity contribution in [2.75, 3.05) is 5.75 Å². The van der Waals surface area contributed by atoms with Crippen LogP contribution in [0.4, 0.5) is 0 Å². The Balaban J connectivity index is 2.60. The molecule has 1 aromatic rings. The van der Waals surface area contributed by atoms with Gasteiger partial charge in [0.15, 0.2) is 0 Å². The molecule has 78 valence electrons. The van der Waals surface area contributed by atoms with Crippen LogP contribution in [-0.2, 0) is 4.79 Å². The zero-order chi connectivity index (χ0) is 11.3. The second kappa shape index (κ2) is 5.79. The summed E-state index contributed by atoms with van der Waals surface area (Å²) in [6.07, 6.45) is 0.141. The molecule has 0 amide bonds. The van der Waals surface area contributed by atoms with Gasteiger partial charge in [-0.1, -0.05) is 0 Å². The molecule has 0 spiro atoms. The maximum absolute atomic E-state index is 10.3. The molecule has 5 heteroatoms. The molecule has 0 aromatic heterocycles. The zero-order valence-corrected chi connectivity index (χ0v) is 10.1. The van der Waals surface area contributed by atoms with E-state index in [1.165, 1.54) is 11.8 Å². The Morgan fingerprint density at radius 2 is 2.33 bits per heavy atom. The summed E-state index contributed by atoms with van der Waals surface area (Å²) in [5.41, 5.74) is 0.581. The molecular formula is C10H8BrNO2S. The highest BCUT2D eigenvalue weighted by Crippen LogP contribution is 2.25. The van der Waals surface area contributed by atoms with Gasteiger partial charge in [0, 0.05) is 15.1 Å². The van der Waals surface area contributed by atoms with Crippen molar-refractivity contribution >= 4 is 33.7 Å². The summed E-state index contributed by atoms with van der Waals surface area (Å²) in [6.45, 7) is 0. The molecule has 0 saturated carbocycles. The molecule has 3 nitrogen and oxygen atoms in total. The Labute approximate surface area is 100 Å². The van der Waals surface area contributed by atoms with Crippen molar-refractivity contribution in [3.05, 3.63) is 28.2 Å².